The van der Waals surface area contributed by atoms with Gasteiger partial charge in [0, 0.05) is 32.9 Å². The predicted molar refractivity (Wildman–Crippen MR) is 298 cm³/mol. The molecule has 0 radical (unpaired) electrons. The first kappa shape index (κ1) is 39.7. The molecular formula is C69H44N2. The van der Waals surface area contributed by atoms with E-state index < -0.39 is 5.41 Å². The Morgan fingerprint density at radius 3 is 1.49 bits per heavy atom. The van der Waals surface area contributed by atoms with E-state index in [-0.39, 0.29) is 0 Å². The van der Waals surface area contributed by atoms with Gasteiger partial charge in [-0.25, -0.2) is 0 Å². The monoisotopic (exact) mass is 900 g/mol. The molecule has 1 aromatic heterocycles. The molecule has 0 amide bonds. The van der Waals surface area contributed by atoms with Crippen LogP contribution < -0.4 is 4.90 Å². The molecule has 2 nitrogen and oxygen atoms in total. The van der Waals surface area contributed by atoms with E-state index in [1.165, 1.54) is 116 Å². The molecule has 71 heavy (non-hydrogen) atoms. The molecule has 0 saturated heterocycles. The summed E-state index contributed by atoms with van der Waals surface area (Å²) in [4.78, 5) is 2.47. The minimum Gasteiger partial charge on any atom is -0.310 e. The number of fused-ring (bicyclic) bond motifs is 15. The van der Waals surface area contributed by atoms with E-state index in [2.05, 4.69) is 276 Å². The third-order valence-corrected chi connectivity index (χ3v) is 15.6. The standard InChI is InChI=1S/C69H44N2/c1-3-22-53-46(16-1)18-14-32-65(53)70(52-39-40-58-57-26-7-11-30-63(57)69(64(58)44-52)61-28-9-5-24-55(61)56-25-6-10-29-62(56)69)51-37-34-45(35-38-51)48-20-13-21-49(42-48)50-36-41-68-60(43-50)59-27-8-12-31-67(59)71(68)66-33-15-19-47-17-2-4-23-54(47)66/h1-44H. The molecule has 0 atom stereocenters. The molecule has 12 aromatic carbocycles. The van der Waals surface area contributed by atoms with Crippen LogP contribution in [-0.2, 0) is 5.41 Å². The molecule has 0 N–H and O–H groups in total. The van der Waals surface area contributed by atoms with Crippen molar-refractivity contribution in [3.05, 3.63) is 289 Å². The van der Waals surface area contributed by atoms with Crippen LogP contribution in [0.5, 0.6) is 0 Å². The Balaban J connectivity index is 0.850. The third-order valence-electron chi connectivity index (χ3n) is 15.6. The van der Waals surface area contributed by atoms with Gasteiger partial charge in [0.05, 0.1) is 27.8 Å². The Hall–Kier alpha value is -9.24. The van der Waals surface area contributed by atoms with Crippen molar-refractivity contribution in [2.75, 3.05) is 4.90 Å². The SMILES string of the molecule is c1cc(-c2ccc(N(c3ccc4c(c3)C3(c5ccccc5-c5ccccc53)c3ccccc3-4)c3cccc4ccccc34)cc2)cc(-c2ccc3c(c2)c2ccccc2n3-c2cccc3ccccc23)c1. The summed E-state index contributed by atoms with van der Waals surface area (Å²) in [5.41, 5.74) is 21.9. The number of hydrogen-bond acceptors (Lipinski definition) is 1. The summed E-state index contributed by atoms with van der Waals surface area (Å²) in [5, 5.41) is 7.40. The molecule has 1 spiro atoms. The summed E-state index contributed by atoms with van der Waals surface area (Å²) in [5.74, 6) is 0. The zero-order valence-electron chi connectivity index (χ0n) is 38.8. The highest BCUT2D eigenvalue weighted by molar-refractivity contribution is 6.12. The molecule has 1 heterocycles. The number of anilines is 3. The first-order valence-corrected chi connectivity index (χ1v) is 24.7. The highest BCUT2D eigenvalue weighted by Gasteiger charge is 2.51. The summed E-state index contributed by atoms with van der Waals surface area (Å²) in [6.45, 7) is 0. The average Bonchev–Trinajstić information content (AvgIpc) is 4.05. The van der Waals surface area contributed by atoms with Crippen LogP contribution in [0, 0.1) is 0 Å². The molecule has 0 bridgehead atoms. The van der Waals surface area contributed by atoms with Gasteiger partial charge in [0.1, 0.15) is 0 Å². The van der Waals surface area contributed by atoms with Crippen molar-refractivity contribution in [1.82, 2.24) is 4.57 Å². The molecular weight excluding hydrogens is 857 g/mol. The van der Waals surface area contributed by atoms with Crippen LogP contribution in [0.1, 0.15) is 22.3 Å². The van der Waals surface area contributed by atoms with Gasteiger partial charge < -0.3 is 9.47 Å². The number of benzene rings is 12. The number of hydrogen-bond donors (Lipinski definition) is 0. The highest BCUT2D eigenvalue weighted by Crippen LogP contribution is 2.63. The lowest BCUT2D eigenvalue weighted by Gasteiger charge is -2.32. The fraction of sp³-hybridized carbons (Fsp3) is 0.0145. The maximum absolute atomic E-state index is 2.49. The Morgan fingerprint density at radius 1 is 0.282 bits per heavy atom. The molecule has 0 aliphatic heterocycles. The quantitative estimate of drug-likeness (QED) is 0.161. The van der Waals surface area contributed by atoms with Crippen molar-refractivity contribution in [1.29, 1.82) is 0 Å². The van der Waals surface area contributed by atoms with Crippen molar-refractivity contribution < 1.29 is 0 Å². The predicted octanol–water partition coefficient (Wildman–Crippen LogP) is 18.2. The second-order valence-electron chi connectivity index (χ2n) is 19.2. The van der Waals surface area contributed by atoms with Crippen LogP contribution in [0.2, 0.25) is 0 Å². The molecule has 0 unspecified atom stereocenters. The van der Waals surface area contributed by atoms with E-state index >= 15 is 0 Å². The molecule has 0 saturated carbocycles. The van der Waals surface area contributed by atoms with Crippen LogP contribution in [0.3, 0.4) is 0 Å². The van der Waals surface area contributed by atoms with Crippen LogP contribution in [0.25, 0.3) is 93.5 Å². The minimum absolute atomic E-state index is 0.438. The van der Waals surface area contributed by atoms with E-state index in [0.29, 0.717) is 0 Å². The lowest BCUT2D eigenvalue weighted by molar-refractivity contribution is 0.793. The van der Waals surface area contributed by atoms with Gasteiger partial charge in [-0.2, -0.15) is 0 Å². The van der Waals surface area contributed by atoms with Crippen LogP contribution in [0.15, 0.2) is 267 Å². The van der Waals surface area contributed by atoms with Gasteiger partial charge in [0.25, 0.3) is 0 Å². The number of para-hydroxylation sites is 1. The summed E-state index contributed by atoms with van der Waals surface area (Å²) >= 11 is 0. The van der Waals surface area contributed by atoms with Gasteiger partial charge in [0.15, 0.2) is 0 Å². The first-order chi connectivity index (χ1) is 35.2. The van der Waals surface area contributed by atoms with Crippen molar-refractivity contribution in [3.8, 4) is 50.2 Å². The highest BCUT2D eigenvalue weighted by atomic mass is 15.1. The van der Waals surface area contributed by atoms with E-state index in [1.807, 2.05) is 0 Å². The Morgan fingerprint density at radius 2 is 0.775 bits per heavy atom. The lowest BCUT2D eigenvalue weighted by Crippen LogP contribution is -2.26. The van der Waals surface area contributed by atoms with Gasteiger partial charge in [-0.3, -0.25) is 0 Å². The maximum Gasteiger partial charge on any atom is 0.0726 e. The third kappa shape index (κ3) is 5.77. The number of rotatable bonds is 6. The van der Waals surface area contributed by atoms with Crippen LogP contribution in [-0.4, -0.2) is 4.57 Å². The summed E-state index contributed by atoms with van der Waals surface area (Å²) in [6.07, 6.45) is 0. The summed E-state index contributed by atoms with van der Waals surface area (Å²) in [6, 6.07) is 99.1. The van der Waals surface area contributed by atoms with Crippen LogP contribution in [0.4, 0.5) is 17.1 Å². The smallest absolute Gasteiger partial charge is 0.0726 e. The molecule has 0 fully saturated rings. The van der Waals surface area contributed by atoms with Gasteiger partial charge in [-0.1, -0.05) is 206 Å². The second-order valence-corrected chi connectivity index (χ2v) is 19.2. The lowest BCUT2D eigenvalue weighted by atomic mass is 9.70. The topological polar surface area (TPSA) is 8.17 Å². The fourth-order valence-electron chi connectivity index (χ4n) is 12.5. The van der Waals surface area contributed by atoms with E-state index in [9.17, 15) is 0 Å². The van der Waals surface area contributed by atoms with Crippen molar-refractivity contribution >= 4 is 60.4 Å². The molecule has 330 valence electrons. The van der Waals surface area contributed by atoms with E-state index in [1.54, 1.807) is 0 Å². The summed E-state index contributed by atoms with van der Waals surface area (Å²) < 4.78 is 2.43. The Bertz CT molecular complexity index is 4230. The summed E-state index contributed by atoms with van der Waals surface area (Å²) in [7, 11) is 0. The van der Waals surface area contributed by atoms with Crippen molar-refractivity contribution in [2.24, 2.45) is 0 Å². The largest absolute Gasteiger partial charge is 0.310 e. The number of aromatic nitrogens is 1. The Kier molecular flexibility index (Phi) is 8.61. The molecule has 2 aliphatic rings. The molecule has 2 heteroatoms. The van der Waals surface area contributed by atoms with Crippen LogP contribution >= 0.6 is 0 Å². The zero-order valence-corrected chi connectivity index (χ0v) is 38.8. The van der Waals surface area contributed by atoms with Gasteiger partial charge in [-0.05, 0) is 138 Å². The van der Waals surface area contributed by atoms with E-state index in [4.69, 9.17) is 0 Å². The minimum atomic E-state index is -0.438. The zero-order chi connectivity index (χ0) is 46.6. The fourth-order valence-corrected chi connectivity index (χ4v) is 12.5. The second kappa shape index (κ2) is 15.4. The number of nitrogens with zero attached hydrogens (tertiary/aromatic N) is 2. The molecule has 13 aromatic rings. The van der Waals surface area contributed by atoms with Gasteiger partial charge in [-0.15, -0.1) is 0 Å². The molecule has 15 rings (SSSR count). The normalized spacial score (nSPS) is 12.9. The first-order valence-electron chi connectivity index (χ1n) is 24.7. The van der Waals surface area contributed by atoms with Gasteiger partial charge >= 0.3 is 0 Å². The maximum atomic E-state index is 2.49. The van der Waals surface area contributed by atoms with Crippen molar-refractivity contribution in [3.63, 3.8) is 0 Å². The van der Waals surface area contributed by atoms with E-state index in [0.717, 1.165) is 17.1 Å². The van der Waals surface area contributed by atoms with Crippen molar-refractivity contribution in [2.45, 2.75) is 5.41 Å². The average molecular weight is 901 g/mol. The van der Waals surface area contributed by atoms with Gasteiger partial charge in [0.2, 0.25) is 0 Å². The Labute approximate surface area is 412 Å². The molecule has 2 aliphatic carbocycles.